The number of rotatable bonds is 0. The van der Waals surface area contributed by atoms with Crippen molar-refractivity contribution in [3.05, 3.63) is 0 Å². The average molecular weight is 141 g/mol. The molecule has 5 heavy (non-hydrogen) atoms. The molecule has 3 heteroatoms. The fourth-order valence-electron chi connectivity index (χ4n) is 0. The van der Waals surface area contributed by atoms with E-state index in [1.165, 1.54) is 5.01 Å². The van der Waals surface area contributed by atoms with Crippen molar-refractivity contribution in [3.8, 4) is 0 Å². The van der Waals surface area contributed by atoms with E-state index in [0.29, 0.717) is 0 Å². The highest BCUT2D eigenvalue weighted by atomic mass is 79.9. The third-order valence-electron chi connectivity index (χ3n) is 0. The van der Waals surface area contributed by atoms with Gasteiger partial charge in [-0.1, -0.05) is 0 Å². The Balaban J connectivity index is 0. The van der Waals surface area contributed by atoms with Gasteiger partial charge in [-0.15, -0.1) is 17.0 Å². The van der Waals surface area contributed by atoms with Crippen molar-refractivity contribution < 1.29 is 0 Å². The summed E-state index contributed by atoms with van der Waals surface area (Å²) in [5.41, 5.74) is 0. The van der Waals surface area contributed by atoms with E-state index in [9.17, 15) is 0 Å². The van der Waals surface area contributed by atoms with Gasteiger partial charge in [0.1, 0.15) is 0 Å². The van der Waals surface area contributed by atoms with E-state index in [2.05, 4.69) is 0 Å². The normalized spacial score (nSPS) is 7.20. The Labute approximate surface area is 42.7 Å². The monoisotopic (exact) mass is 140 g/mol. The van der Waals surface area contributed by atoms with Gasteiger partial charge >= 0.3 is 0 Å². The van der Waals surface area contributed by atoms with Crippen LogP contribution in [-0.4, -0.2) is 19.1 Å². The second-order valence-corrected chi connectivity index (χ2v) is 0.964. The van der Waals surface area contributed by atoms with Crippen LogP contribution in [0, 0.1) is 0 Å². The van der Waals surface area contributed by atoms with Crippen LogP contribution in [0.4, 0.5) is 0 Å². The minimum Gasteiger partial charge on any atom is -0.269 e. The van der Waals surface area contributed by atoms with Crippen LogP contribution >= 0.6 is 17.0 Å². The molecule has 0 atom stereocenters. The molecule has 0 aliphatic heterocycles. The molecule has 0 rings (SSSR count). The van der Waals surface area contributed by atoms with Crippen molar-refractivity contribution in [2.75, 3.05) is 14.1 Å². The van der Waals surface area contributed by atoms with Gasteiger partial charge in [0.15, 0.2) is 0 Å². The van der Waals surface area contributed by atoms with E-state index in [4.69, 9.17) is 5.84 Å². The predicted molar refractivity (Wildman–Crippen MR) is 28.2 cm³/mol. The van der Waals surface area contributed by atoms with Gasteiger partial charge in [0.25, 0.3) is 0 Å². The van der Waals surface area contributed by atoms with E-state index in [1.54, 1.807) is 14.1 Å². The summed E-state index contributed by atoms with van der Waals surface area (Å²) in [5, 5.41) is 1.50. The van der Waals surface area contributed by atoms with Crippen molar-refractivity contribution >= 4 is 17.0 Å². The maximum atomic E-state index is 4.94. The fraction of sp³-hybridized carbons (Fsp3) is 1.00. The molecule has 0 amide bonds. The summed E-state index contributed by atoms with van der Waals surface area (Å²) < 4.78 is 0. The van der Waals surface area contributed by atoms with Crippen molar-refractivity contribution in [3.63, 3.8) is 0 Å². The first-order valence-electron chi connectivity index (χ1n) is 1.15. The molecule has 0 unspecified atom stereocenters. The van der Waals surface area contributed by atoms with E-state index >= 15 is 0 Å². The molecule has 34 valence electrons. The maximum Gasteiger partial charge on any atom is 0.00105 e. The first-order chi connectivity index (χ1) is 1.73. The molecule has 0 aliphatic carbocycles. The molecule has 0 heterocycles. The van der Waals surface area contributed by atoms with E-state index in [0.717, 1.165) is 0 Å². The Hall–Kier alpha value is 0.400. The van der Waals surface area contributed by atoms with Gasteiger partial charge in [0.05, 0.1) is 0 Å². The van der Waals surface area contributed by atoms with Gasteiger partial charge in [0, 0.05) is 14.1 Å². The third-order valence-corrected chi connectivity index (χ3v) is 0. The van der Waals surface area contributed by atoms with Crippen LogP contribution in [0.25, 0.3) is 0 Å². The number of hydrazine groups is 1. The molecule has 0 spiro atoms. The number of hydrogen-bond acceptors (Lipinski definition) is 2. The third kappa shape index (κ3) is 158. The quantitative estimate of drug-likeness (QED) is 0.380. The van der Waals surface area contributed by atoms with Crippen LogP contribution < -0.4 is 5.84 Å². The molecule has 0 saturated heterocycles. The molecule has 0 bridgehead atoms. The summed E-state index contributed by atoms with van der Waals surface area (Å²) in [6.45, 7) is 0. The van der Waals surface area contributed by atoms with Crippen molar-refractivity contribution in [1.29, 1.82) is 0 Å². The summed E-state index contributed by atoms with van der Waals surface area (Å²) in [7, 11) is 3.56. The summed E-state index contributed by atoms with van der Waals surface area (Å²) >= 11 is 0. The Morgan fingerprint density at radius 1 is 1.40 bits per heavy atom. The fourth-order valence-corrected chi connectivity index (χ4v) is 0. The summed E-state index contributed by atoms with van der Waals surface area (Å²) in [6.07, 6.45) is 0. The van der Waals surface area contributed by atoms with Crippen LogP contribution in [0.2, 0.25) is 0 Å². The number of hydrogen-bond donors (Lipinski definition) is 1. The topological polar surface area (TPSA) is 29.3 Å². The van der Waals surface area contributed by atoms with Crippen molar-refractivity contribution in [2.45, 2.75) is 0 Å². The maximum absolute atomic E-state index is 4.94. The number of halogens is 1. The molecule has 2 nitrogen and oxygen atoms in total. The van der Waals surface area contributed by atoms with Crippen LogP contribution in [0.15, 0.2) is 0 Å². The molecule has 0 aromatic carbocycles. The minimum atomic E-state index is 0. The smallest absolute Gasteiger partial charge is 0.00105 e. The van der Waals surface area contributed by atoms with Crippen molar-refractivity contribution in [2.24, 2.45) is 5.84 Å². The molecular formula is C2H9BrN2. The Morgan fingerprint density at radius 3 is 1.40 bits per heavy atom. The highest BCUT2D eigenvalue weighted by molar-refractivity contribution is 8.93. The van der Waals surface area contributed by atoms with E-state index in [1.807, 2.05) is 0 Å². The first kappa shape index (κ1) is 9.04. The molecule has 0 aromatic heterocycles. The summed E-state index contributed by atoms with van der Waals surface area (Å²) in [5.74, 6) is 4.94. The highest BCUT2D eigenvalue weighted by Gasteiger charge is 1.57. The average Bonchev–Trinajstić information content (AvgIpc) is 0.811. The van der Waals surface area contributed by atoms with Gasteiger partial charge < -0.3 is 0 Å². The van der Waals surface area contributed by atoms with E-state index in [-0.39, 0.29) is 17.0 Å². The second kappa shape index (κ2) is 4.40. The largest absolute Gasteiger partial charge is 0.269 e. The lowest BCUT2D eigenvalue weighted by atomic mass is 11.2. The van der Waals surface area contributed by atoms with Gasteiger partial charge in [-0.2, -0.15) is 0 Å². The van der Waals surface area contributed by atoms with Crippen LogP contribution in [0.5, 0.6) is 0 Å². The predicted octanol–water partition coefficient (Wildman–Crippen LogP) is -0.000400. The molecule has 0 aromatic rings. The van der Waals surface area contributed by atoms with E-state index < -0.39 is 0 Å². The molecule has 0 aliphatic rings. The zero-order valence-corrected chi connectivity index (χ0v) is 5.15. The Kier molecular flexibility index (Phi) is 7.96. The lowest BCUT2D eigenvalue weighted by Gasteiger charge is -1.91. The van der Waals surface area contributed by atoms with Gasteiger partial charge in [-0.05, 0) is 0 Å². The van der Waals surface area contributed by atoms with Crippen LogP contribution in [0.1, 0.15) is 0 Å². The van der Waals surface area contributed by atoms with Gasteiger partial charge in [-0.3, -0.25) is 10.9 Å². The molecular weight excluding hydrogens is 132 g/mol. The summed E-state index contributed by atoms with van der Waals surface area (Å²) in [6, 6.07) is 0. The molecule has 0 saturated carbocycles. The van der Waals surface area contributed by atoms with Gasteiger partial charge in [0.2, 0.25) is 0 Å². The molecule has 0 fully saturated rings. The molecule has 2 N–H and O–H groups in total. The highest BCUT2D eigenvalue weighted by Crippen LogP contribution is 1.37. The number of nitrogens with two attached hydrogens (primary N) is 1. The summed E-state index contributed by atoms with van der Waals surface area (Å²) in [4.78, 5) is 0. The zero-order valence-electron chi connectivity index (χ0n) is 3.43. The minimum absolute atomic E-state index is 0. The first-order valence-corrected chi connectivity index (χ1v) is 1.15. The van der Waals surface area contributed by atoms with Crippen LogP contribution in [-0.2, 0) is 0 Å². The van der Waals surface area contributed by atoms with Crippen LogP contribution in [0.3, 0.4) is 0 Å². The van der Waals surface area contributed by atoms with Crippen molar-refractivity contribution in [1.82, 2.24) is 5.01 Å². The van der Waals surface area contributed by atoms with Gasteiger partial charge in [-0.25, -0.2) is 0 Å². The Morgan fingerprint density at radius 2 is 1.40 bits per heavy atom. The second-order valence-electron chi connectivity index (χ2n) is 0.964. The Bertz CT molecular complexity index is 12.4. The molecule has 0 radical (unpaired) electrons. The standard InChI is InChI=1S/C2H8N2.BrH/c1-4(2)3;/h3H2,1-2H3;1H. The SMILES string of the molecule is Br.CN(C)N. The zero-order chi connectivity index (χ0) is 3.58. The lowest BCUT2D eigenvalue weighted by Crippen LogP contribution is -2.18. The lowest BCUT2D eigenvalue weighted by molar-refractivity contribution is 0.432. The number of nitrogens with zero attached hydrogens (tertiary/aromatic N) is 1.